The quantitative estimate of drug-likeness (QED) is 0.639. The Labute approximate surface area is 97.3 Å². The van der Waals surface area contributed by atoms with Crippen LogP contribution in [0, 0.1) is 5.92 Å². The van der Waals surface area contributed by atoms with Crippen LogP contribution in [-0.2, 0) is 9.53 Å². The van der Waals surface area contributed by atoms with Gasteiger partial charge in [0.2, 0.25) is 5.91 Å². The molecule has 1 heterocycles. The van der Waals surface area contributed by atoms with Gasteiger partial charge in [-0.05, 0) is 5.92 Å². The molecule has 3 N–H and O–H groups in total. The SMILES string of the molecule is CC(CNC(=O)CCN)CN1CCOCC1. The van der Waals surface area contributed by atoms with Crippen molar-refractivity contribution < 1.29 is 9.53 Å². The zero-order valence-electron chi connectivity index (χ0n) is 10.1. The van der Waals surface area contributed by atoms with E-state index >= 15 is 0 Å². The molecule has 0 radical (unpaired) electrons. The molecule has 0 saturated carbocycles. The second kappa shape index (κ2) is 7.60. The van der Waals surface area contributed by atoms with Gasteiger partial charge in [0.15, 0.2) is 0 Å². The first-order valence-electron chi connectivity index (χ1n) is 5.99. The summed E-state index contributed by atoms with van der Waals surface area (Å²) in [5.74, 6) is 0.524. The molecular formula is C11H23N3O2. The highest BCUT2D eigenvalue weighted by molar-refractivity contribution is 5.75. The number of carbonyl (C=O) groups excluding carboxylic acids is 1. The van der Waals surface area contributed by atoms with Crippen molar-refractivity contribution in [2.75, 3.05) is 45.9 Å². The minimum atomic E-state index is 0.0522. The fourth-order valence-electron chi connectivity index (χ4n) is 1.80. The second-order valence-corrected chi connectivity index (χ2v) is 4.36. The van der Waals surface area contributed by atoms with Crippen molar-refractivity contribution in [3.63, 3.8) is 0 Å². The van der Waals surface area contributed by atoms with Gasteiger partial charge in [-0.2, -0.15) is 0 Å². The minimum absolute atomic E-state index is 0.0522. The van der Waals surface area contributed by atoms with Gasteiger partial charge in [-0.3, -0.25) is 9.69 Å². The van der Waals surface area contributed by atoms with Crippen molar-refractivity contribution in [2.45, 2.75) is 13.3 Å². The summed E-state index contributed by atoms with van der Waals surface area (Å²) in [5.41, 5.74) is 5.30. The molecular weight excluding hydrogens is 206 g/mol. The number of nitrogens with two attached hydrogens (primary N) is 1. The van der Waals surface area contributed by atoms with Gasteiger partial charge in [-0.25, -0.2) is 0 Å². The van der Waals surface area contributed by atoms with Gasteiger partial charge in [0.25, 0.3) is 0 Å². The third-order valence-corrected chi connectivity index (χ3v) is 2.69. The highest BCUT2D eigenvalue weighted by atomic mass is 16.5. The predicted octanol–water partition coefficient (Wildman–Crippen LogP) is -0.580. The fourth-order valence-corrected chi connectivity index (χ4v) is 1.80. The van der Waals surface area contributed by atoms with E-state index in [9.17, 15) is 4.79 Å². The molecule has 1 rings (SSSR count). The molecule has 16 heavy (non-hydrogen) atoms. The van der Waals surface area contributed by atoms with E-state index in [1.807, 2.05) is 0 Å². The van der Waals surface area contributed by atoms with Crippen LogP contribution < -0.4 is 11.1 Å². The molecule has 94 valence electrons. The molecule has 1 amide bonds. The summed E-state index contributed by atoms with van der Waals surface area (Å²) in [5, 5.41) is 2.90. The highest BCUT2D eigenvalue weighted by Gasteiger charge is 2.13. The third-order valence-electron chi connectivity index (χ3n) is 2.69. The maximum absolute atomic E-state index is 11.2. The van der Waals surface area contributed by atoms with Crippen molar-refractivity contribution >= 4 is 5.91 Å². The molecule has 1 unspecified atom stereocenters. The largest absolute Gasteiger partial charge is 0.379 e. The lowest BCUT2D eigenvalue weighted by molar-refractivity contribution is -0.121. The van der Waals surface area contributed by atoms with Crippen LogP contribution in [0.4, 0.5) is 0 Å². The van der Waals surface area contributed by atoms with Crippen molar-refractivity contribution in [2.24, 2.45) is 11.7 Å². The Hall–Kier alpha value is -0.650. The lowest BCUT2D eigenvalue weighted by Crippen LogP contribution is -2.41. The van der Waals surface area contributed by atoms with E-state index in [1.54, 1.807) is 0 Å². The predicted molar refractivity (Wildman–Crippen MR) is 63.1 cm³/mol. The van der Waals surface area contributed by atoms with Gasteiger partial charge in [-0.1, -0.05) is 6.92 Å². The Morgan fingerprint density at radius 1 is 1.50 bits per heavy atom. The highest BCUT2D eigenvalue weighted by Crippen LogP contribution is 2.02. The van der Waals surface area contributed by atoms with Crippen molar-refractivity contribution in [3.05, 3.63) is 0 Å². The zero-order valence-corrected chi connectivity index (χ0v) is 10.1. The Bertz CT molecular complexity index is 205. The van der Waals surface area contributed by atoms with Crippen LogP contribution >= 0.6 is 0 Å². The van der Waals surface area contributed by atoms with E-state index < -0.39 is 0 Å². The summed E-state index contributed by atoms with van der Waals surface area (Å²) < 4.78 is 5.29. The molecule has 0 aliphatic carbocycles. The van der Waals surface area contributed by atoms with Crippen LogP contribution in [0.5, 0.6) is 0 Å². The summed E-state index contributed by atoms with van der Waals surface area (Å²) >= 11 is 0. The fraction of sp³-hybridized carbons (Fsp3) is 0.909. The number of nitrogens with zero attached hydrogens (tertiary/aromatic N) is 1. The molecule has 1 fully saturated rings. The zero-order chi connectivity index (χ0) is 11.8. The van der Waals surface area contributed by atoms with Gasteiger partial charge in [0.05, 0.1) is 13.2 Å². The van der Waals surface area contributed by atoms with Crippen LogP contribution in [-0.4, -0.2) is 56.7 Å². The molecule has 0 spiro atoms. The van der Waals surface area contributed by atoms with E-state index in [-0.39, 0.29) is 5.91 Å². The van der Waals surface area contributed by atoms with Crippen molar-refractivity contribution in [1.82, 2.24) is 10.2 Å². The van der Waals surface area contributed by atoms with Crippen LogP contribution in [0.1, 0.15) is 13.3 Å². The number of ether oxygens (including phenoxy) is 1. The maximum atomic E-state index is 11.2. The van der Waals surface area contributed by atoms with E-state index in [4.69, 9.17) is 10.5 Å². The number of amides is 1. The second-order valence-electron chi connectivity index (χ2n) is 4.36. The van der Waals surface area contributed by atoms with E-state index in [2.05, 4.69) is 17.1 Å². The van der Waals surface area contributed by atoms with Crippen LogP contribution in [0.15, 0.2) is 0 Å². The first-order chi connectivity index (χ1) is 7.72. The molecule has 5 nitrogen and oxygen atoms in total. The number of nitrogens with one attached hydrogen (secondary N) is 1. The summed E-state index contributed by atoms with van der Waals surface area (Å²) in [6, 6.07) is 0. The van der Waals surface area contributed by atoms with E-state index in [0.717, 1.165) is 39.4 Å². The van der Waals surface area contributed by atoms with Crippen LogP contribution in [0.25, 0.3) is 0 Å². The normalized spacial score (nSPS) is 19.4. The molecule has 1 atom stereocenters. The molecule has 0 aromatic carbocycles. The topological polar surface area (TPSA) is 67.6 Å². The Morgan fingerprint density at radius 2 is 2.19 bits per heavy atom. The first kappa shape index (κ1) is 13.4. The number of rotatable bonds is 6. The summed E-state index contributed by atoms with van der Waals surface area (Å²) in [7, 11) is 0. The van der Waals surface area contributed by atoms with E-state index in [0.29, 0.717) is 18.9 Å². The lowest BCUT2D eigenvalue weighted by Gasteiger charge is -2.29. The Balaban J connectivity index is 2.09. The molecule has 5 heteroatoms. The first-order valence-corrected chi connectivity index (χ1v) is 5.99. The summed E-state index contributed by atoms with van der Waals surface area (Å²) in [4.78, 5) is 13.6. The maximum Gasteiger partial charge on any atom is 0.221 e. The smallest absolute Gasteiger partial charge is 0.221 e. The van der Waals surface area contributed by atoms with Crippen LogP contribution in [0.2, 0.25) is 0 Å². The molecule has 0 aromatic heterocycles. The minimum Gasteiger partial charge on any atom is -0.379 e. The standard InChI is InChI=1S/C11H23N3O2/c1-10(8-13-11(15)2-3-12)9-14-4-6-16-7-5-14/h10H,2-9,12H2,1H3,(H,13,15). The molecule has 1 saturated heterocycles. The summed E-state index contributed by atoms with van der Waals surface area (Å²) in [6.07, 6.45) is 0.421. The van der Waals surface area contributed by atoms with Crippen LogP contribution in [0.3, 0.4) is 0 Å². The summed E-state index contributed by atoms with van der Waals surface area (Å²) in [6.45, 7) is 7.98. The lowest BCUT2D eigenvalue weighted by atomic mass is 10.1. The average Bonchev–Trinajstić information content (AvgIpc) is 2.28. The molecule has 1 aliphatic heterocycles. The Morgan fingerprint density at radius 3 is 2.81 bits per heavy atom. The van der Waals surface area contributed by atoms with Gasteiger partial charge < -0.3 is 15.8 Å². The van der Waals surface area contributed by atoms with Gasteiger partial charge in [0, 0.05) is 39.1 Å². The number of hydrogen-bond donors (Lipinski definition) is 2. The van der Waals surface area contributed by atoms with Crippen molar-refractivity contribution in [3.8, 4) is 0 Å². The third kappa shape index (κ3) is 5.44. The number of hydrogen-bond acceptors (Lipinski definition) is 4. The van der Waals surface area contributed by atoms with Gasteiger partial charge in [-0.15, -0.1) is 0 Å². The number of carbonyl (C=O) groups is 1. The molecule has 0 aromatic rings. The number of morpholine rings is 1. The van der Waals surface area contributed by atoms with E-state index in [1.165, 1.54) is 0 Å². The van der Waals surface area contributed by atoms with Gasteiger partial charge >= 0.3 is 0 Å². The average molecular weight is 229 g/mol. The molecule has 1 aliphatic rings. The monoisotopic (exact) mass is 229 g/mol. The van der Waals surface area contributed by atoms with Crippen molar-refractivity contribution in [1.29, 1.82) is 0 Å². The molecule has 0 bridgehead atoms. The Kier molecular flexibility index (Phi) is 6.37. The van der Waals surface area contributed by atoms with Gasteiger partial charge in [0.1, 0.15) is 0 Å².